The van der Waals surface area contributed by atoms with E-state index in [1.165, 1.54) is 6.07 Å². The highest BCUT2D eigenvalue weighted by Gasteiger charge is 2.29. The Labute approximate surface area is 86.1 Å². The van der Waals surface area contributed by atoms with Gasteiger partial charge in [-0.3, -0.25) is 4.79 Å². The Kier molecular flexibility index (Phi) is 1.69. The second-order valence-corrected chi connectivity index (χ2v) is 4.01. The van der Waals surface area contributed by atoms with Crippen molar-refractivity contribution in [2.75, 3.05) is 0 Å². The number of carbonyl (C=O) groups excluding carboxylic acids is 1. The van der Waals surface area contributed by atoms with Crippen molar-refractivity contribution in [1.82, 2.24) is 4.98 Å². The maximum absolute atomic E-state index is 13.5. The van der Waals surface area contributed by atoms with Crippen molar-refractivity contribution in [2.24, 2.45) is 0 Å². The van der Waals surface area contributed by atoms with Crippen LogP contribution in [0.15, 0.2) is 18.2 Å². The molecular formula is C12H10FNO. The van der Waals surface area contributed by atoms with Crippen LogP contribution in [0.25, 0.3) is 10.9 Å². The molecule has 1 aliphatic carbocycles. The standard InChI is InChI=1S/C12H10FNO/c13-10-3-1-2-8-9(6-15)11(7-4-5-7)14-12(8)10/h1-3,6-7,14H,4-5H2. The van der Waals surface area contributed by atoms with Gasteiger partial charge in [0.25, 0.3) is 0 Å². The molecule has 0 unspecified atom stereocenters. The third-order valence-corrected chi connectivity index (χ3v) is 2.96. The smallest absolute Gasteiger partial charge is 0.152 e. The highest BCUT2D eigenvalue weighted by Crippen LogP contribution is 2.42. The minimum Gasteiger partial charge on any atom is -0.355 e. The number of hydrogen-bond donors (Lipinski definition) is 1. The van der Waals surface area contributed by atoms with E-state index in [4.69, 9.17) is 0 Å². The van der Waals surface area contributed by atoms with Crippen molar-refractivity contribution in [3.63, 3.8) is 0 Å². The third-order valence-electron chi connectivity index (χ3n) is 2.96. The van der Waals surface area contributed by atoms with Crippen molar-refractivity contribution in [3.05, 3.63) is 35.3 Å². The van der Waals surface area contributed by atoms with Gasteiger partial charge in [0, 0.05) is 16.6 Å². The van der Waals surface area contributed by atoms with Crippen LogP contribution >= 0.6 is 0 Å². The summed E-state index contributed by atoms with van der Waals surface area (Å²) in [6, 6.07) is 4.82. The predicted octanol–water partition coefficient (Wildman–Crippen LogP) is 3.00. The average molecular weight is 203 g/mol. The Bertz CT molecular complexity index is 540. The fourth-order valence-corrected chi connectivity index (χ4v) is 2.04. The molecule has 76 valence electrons. The minimum atomic E-state index is -0.289. The van der Waals surface area contributed by atoms with Gasteiger partial charge in [-0.1, -0.05) is 12.1 Å². The van der Waals surface area contributed by atoms with Crippen LogP contribution < -0.4 is 0 Å². The second kappa shape index (κ2) is 2.92. The number of hydrogen-bond acceptors (Lipinski definition) is 1. The van der Waals surface area contributed by atoms with E-state index in [9.17, 15) is 9.18 Å². The summed E-state index contributed by atoms with van der Waals surface area (Å²) < 4.78 is 13.5. The van der Waals surface area contributed by atoms with Crippen molar-refractivity contribution < 1.29 is 9.18 Å². The molecule has 3 heteroatoms. The van der Waals surface area contributed by atoms with Crippen LogP contribution in [0.3, 0.4) is 0 Å². The number of aromatic amines is 1. The molecule has 0 aliphatic heterocycles. The van der Waals surface area contributed by atoms with E-state index in [-0.39, 0.29) is 5.82 Å². The van der Waals surface area contributed by atoms with E-state index in [2.05, 4.69) is 4.98 Å². The lowest BCUT2D eigenvalue weighted by atomic mass is 10.1. The predicted molar refractivity (Wildman–Crippen MR) is 55.6 cm³/mol. The molecule has 1 fully saturated rings. The van der Waals surface area contributed by atoms with Crippen molar-refractivity contribution in [1.29, 1.82) is 0 Å². The van der Waals surface area contributed by atoms with Crippen LogP contribution in [0.5, 0.6) is 0 Å². The van der Waals surface area contributed by atoms with Crippen LogP contribution in [0.4, 0.5) is 4.39 Å². The average Bonchev–Trinajstić information content (AvgIpc) is 3.00. The number of H-pyrrole nitrogens is 1. The van der Waals surface area contributed by atoms with Gasteiger partial charge in [0.2, 0.25) is 0 Å². The summed E-state index contributed by atoms with van der Waals surface area (Å²) in [4.78, 5) is 14.0. The minimum absolute atomic E-state index is 0.289. The summed E-state index contributed by atoms with van der Waals surface area (Å²) in [6.07, 6.45) is 3.01. The molecule has 0 radical (unpaired) electrons. The monoisotopic (exact) mass is 203 g/mol. The first kappa shape index (κ1) is 8.65. The zero-order valence-electron chi connectivity index (χ0n) is 8.09. The van der Waals surface area contributed by atoms with Crippen LogP contribution in [0.2, 0.25) is 0 Å². The molecule has 0 saturated heterocycles. The zero-order chi connectivity index (χ0) is 10.4. The molecule has 0 bridgehead atoms. The van der Waals surface area contributed by atoms with Crippen molar-refractivity contribution in [3.8, 4) is 0 Å². The Morgan fingerprint density at radius 2 is 2.20 bits per heavy atom. The first-order valence-electron chi connectivity index (χ1n) is 5.06. The summed E-state index contributed by atoms with van der Waals surface area (Å²) in [5.74, 6) is 0.138. The van der Waals surface area contributed by atoms with E-state index in [0.29, 0.717) is 22.4 Å². The molecule has 1 aromatic carbocycles. The summed E-state index contributed by atoms with van der Waals surface area (Å²) in [6.45, 7) is 0. The number of halogens is 1. The van der Waals surface area contributed by atoms with Gasteiger partial charge in [0.15, 0.2) is 6.29 Å². The highest BCUT2D eigenvalue weighted by atomic mass is 19.1. The zero-order valence-corrected chi connectivity index (χ0v) is 8.09. The highest BCUT2D eigenvalue weighted by molar-refractivity contribution is 5.99. The first-order valence-corrected chi connectivity index (χ1v) is 5.06. The molecule has 1 aromatic heterocycles. The van der Waals surface area contributed by atoms with Crippen LogP contribution in [0, 0.1) is 5.82 Å². The summed E-state index contributed by atoms with van der Waals surface area (Å²) in [7, 11) is 0. The van der Waals surface area contributed by atoms with Gasteiger partial charge in [-0.15, -0.1) is 0 Å². The largest absolute Gasteiger partial charge is 0.355 e. The normalized spacial score (nSPS) is 15.8. The third kappa shape index (κ3) is 1.19. The number of para-hydroxylation sites is 1. The van der Waals surface area contributed by atoms with Gasteiger partial charge in [0.1, 0.15) is 5.82 Å². The SMILES string of the molecule is O=Cc1c(C2CC2)[nH]c2c(F)cccc12. The molecule has 2 nitrogen and oxygen atoms in total. The lowest BCUT2D eigenvalue weighted by molar-refractivity contribution is 0.112. The fourth-order valence-electron chi connectivity index (χ4n) is 2.04. The van der Waals surface area contributed by atoms with Crippen LogP contribution in [0.1, 0.15) is 34.8 Å². The first-order chi connectivity index (χ1) is 7.31. The Morgan fingerprint density at radius 3 is 2.87 bits per heavy atom. The second-order valence-electron chi connectivity index (χ2n) is 4.01. The van der Waals surface area contributed by atoms with Crippen LogP contribution in [-0.2, 0) is 0 Å². The van der Waals surface area contributed by atoms with Crippen molar-refractivity contribution >= 4 is 17.2 Å². The molecule has 0 atom stereocenters. The number of carbonyl (C=O) groups is 1. The lowest BCUT2D eigenvalue weighted by Crippen LogP contribution is -1.85. The molecule has 1 saturated carbocycles. The molecule has 3 rings (SSSR count). The van der Waals surface area contributed by atoms with Gasteiger partial charge >= 0.3 is 0 Å². The van der Waals surface area contributed by atoms with Gasteiger partial charge < -0.3 is 4.98 Å². The maximum Gasteiger partial charge on any atom is 0.152 e. The molecule has 0 amide bonds. The van der Waals surface area contributed by atoms with E-state index < -0.39 is 0 Å². The van der Waals surface area contributed by atoms with Gasteiger partial charge in [0.05, 0.1) is 5.52 Å². The summed E-state index contributed by atoms with van der Waals surface area (Å²) in [5.41, 5.74) is 2.00. The number of fused-ring (bicyclic) bond motifs is 1. The number of nitrogens with one attached hydrogen (secondary N) is 1. The Balaban J connectivity index is 2.36. The van der Waals surface area contributed by atoms with Crippen molar-refractivity contribution in [2.45, 2.75) is 18.8 Å². The summed E-state index contributed by atoms with van der Waals surface area (Å²) in [5, 5.41) is 0.701. The molecular weight excluding hydrogens is 193 g/mol. The molecule has 15 heavy (non-hydrogen) atoms. The number of benzene rings is 1. The molecule has 2 aromatic rings. The molecule has 1 heterocycles. The van der Waals surface area contributed by atoms with E-state index in [0.717, 1.165) is 24.8 Å². The van der Waals surface area contributed by atoms with Gasteiger partial charge in [-0.05, 0) is 24.8 Å². The molecule has 0 spiro atoms. The van der Waals surface area contributed by atoms with Gasteiger partial charge in [-0.25, -0.2) is 4.39 Å². The van der Waals surface area contributed by atoms with Gasteiger partial charge in [-0.2, -0.15) is 0 Å². The van der Waals surface area contributed by atoms with Crippen LogP contribution in [-0.4, -0.2) is 11.3 Å². The van der Waals surface area contributed by atoms with E-state index in [1.54, 1.807) is 12.1 Å². The fraction of sp³-hybridized carbons (Fsp3) is 0.250. The lowest BCUT2D eigenvalue weighted by Gasteiger charge is -1.92. The molecule has 1 aliphatic rings. The van der Waals surface area contributed by atoms with E-state index in [1.807, 2.05) is 0 Å². The Hall–Kier alpha value is -1.64. The number of aldehydes is 1. The Morgan fingerprint density at radius 1 is 1.40 bits per heavy atom. The number of aromatic nitrogens is 1. The van der Waals surface area contributed by atoms with E-state index >= 15 is 0 Å². The summed E-state index contributed by atoms with van der Waals surface area (Å²) >= 11 is 0. The topological polar surface area (TPSA) is 32.9 Å². The maximum atomic E-state index is 13.5. The molecule has 1 N–H and O–H groups in total. The quantitative estimate of drug-likeness (QED) is 0.748. The number of rotatable bonds is 2.